The molecule has 0 aliphatic heterocycles. The minimum absolute atomic E-state index is 0.200. The standard InChI is InChI=1S/C17H18ClF2N3/c1-4-23(3)10-21-16-8-11(2)15(9-12(16)18)22-17-13(19)6-5-7-14(17)20/h5-10,22H,4H2,1-3H3. The van der Waals surface area contributed by atoms with E-state index in [-0.39, 0.29) is 5.69 Å². The first-order valence-electron chi connectivity index (χ1n) is 7.18. The summed E-state index contributed by atoms with van der Waals surface area (Å²) < 4.78 is 27.5. The van der Waals surface area contributed by atoms with Crippen LogP contribution in [0.2, 0.25) is 5.02 Å². The molecule has 3 nitrogen and oxygen atoms in total. The highest BCUT2D eigenvalue weighted by Gasteiger charge is 2.11. The average Bonchev–Trinajstić information content (AvgIpc) is 2.52. The van der Waals surface area contributed by atoms with Gasteiger partial charge in [-0.25, -0.2) is 13.8 Å². The summed E-state index contributed by atoms with van der Waals surface area (Å²) in [6, 6.07) is 7.09. The van der Waals surface area contributed by atoms with Gasteiger partial charge >= 0.3 is 0 Å². The highest BCUT2D eigenvalue weighted by molar-refractivity contribution is 6.33. The maximum atomic E-state index is 13.7. The molecule has 0 aromatic heterocycles. The Labute approximate surface area is 139 Å². The lowest BCUT2D eigenvalue weighted by molar-refractivity contribution is 0.552. The van der Waals surface area contributed by atoms with Crippen molar-refractivity contribution in [1.29, 1.82) is 0 Å². The summed E-state index contributed by atoms with van der Waals surface area (Å²) in [4.78, 5) is 6.22. The molecular formula is C17H18ClF2N3. The van der Waals surface area contributed by atoms with Gasteiger partial charge in [-0.05, 0) is 43.7 Å². The fourth-order valence-electron chi connectivity index (χ4n) is 1.89. The summed E-state index contributed by atoms with van der Waals surface area (Å²) in [6.45, 7) is 4.65. The van der Waals surface area contributed by atoms with Crippen LogP contribution in [-0.4, -0.2) is 24.8 Å². The zero-order valence-electron chi connectivity index (χ0n) is 13.2. The Hall–Kier alpha value is -2.14. The topological polar surface area (TPSA) is 27.6 Å². The lowest BCUT2D eigenvalue weighted by Crippen LogP contribution is -2.14. The summed E-state index contributed by atoms with van der Waals surface area (Å²) in [7, 11) is 1.90. The third-order valence-electron chi connectivity index (χ3n) is 3.41. The third-order valence-corrected chi connectivity index (χ3v) is 3.71. The molecule has 0 heterocycles. The van der Waals surface area contributed by atoms with E-state index in [2.05, 4.69) is 10.3 Å². The van der Waals surface area contributed by atoms with E-state index in [4.69, 9.17) is 11.6 Å². The molecule has 6 heteroatoms. The number of nitrogens with zero attached hydrogens (tertiary/aromatic N) is 2. The number of halogens is 3. The Morgan fingerprint density at radius 2 is 1.91 bits per heavy atom. The second kappa shape index (κ2) is 7.42. The van der Waals surface area contributed by atoms with Crippen LogP contribution in [0.15, 0.2) is 35.3 Å². The smallest absolute Gasteiger partial charge is 0.149 e. The van der Waals surface area contributed by atoms with Gasteiger partial charge in [0.2, 0.25) is 0 Å². The second-order valence-corrected chi connectivity index (χ2v) is 5.57. The lowest BCUT2D eigenvalue weighted by atomic mass is 10.1. The van der Waals surface area contributed by atoms with E-state index < -0.39 is 11.6 Å². The maximum absolute atomic E-state index is 13.7. The number of aliphatic imine (C=N–C) groups is 1. The Kier molecular flexibility index (Phi) is 5.55. The molecule has 0 radical (unpaired) electrons. The number of aryl methyl sites for hydroxylation is 1. The van der Waals surface area contributed by atoms with Crippen LogP contribution in [-0.2, 0) is 0 Å². The molecule has 1 N–H and O–H groups in total. The quantitative estimate of drug-likeness (QED) is 0.593. The lowest BCUT2D eigenvalue weighted by Gasteiger charge is -2.13. The van der Waals surface area contributed by atoms with Gasteiger partial charge in [-0.15, -0.1) is 0 Å². The Morgan fingerprint density at radius 3 is 2.52 bits per heavy atom. The Bertz CT molecular complexity index is 712. The molecule has 0 aliphatic rings. The molecule has 2 aromatic rings. The number of hydrogen-bond donors (Lipinski definition) is 1. The van der Waals surface area contributed by atoms with E-state index in [0.29, 0.717) is 16.4 Å². The number of rotatable bonds is 5. The minimum atomic E-state index is -0.660. The second-order valence-electron chi connectivity index (χ2n) is 5.16. The van der Waals surface area contributed by atoms with Crippen LogP contribution in [0.1, 0.15) is 12.5 Å². The maximum Gasteiger partial charge on any atom is 0.149 e. The van der Waals surface area contributed by atoms with Crippen molar-refractivity contribution in [1.82, 2.24) is 4.90 Å². The van der Waals surface area contributed by atoms with Gasteiger partial charge in [-0.2, -0.15) is 0 Å². The Morgan fingerprint density at radius 1 is 1.26 bits per heavy atom. The summed E-state index contributed by atoms with van der Waals surface area (Å²) in [6.07, 6.45) is 1.68. The first-order valence-corrected chi connectivity index (χ1v) is 7.55. The van der Waals surface area contributed by atoms with Gasteiger partial charge in [0.25, 0.3) is 0 Å². The highest BCUT2D eigenvalue weighted by atomic mass is 35.5. The zero-order chi connectivity index (χ0) is 17.0. The minimum Gasteiger partial charge on any atom is -0.366 e. The van der Waals surface area contributed by atoms with Gasteiger partial charge in [-0.3, -0.25) is 0 Å². The molecule has 23 heavy (non-hydrogen) atoms. The highest BCUT2D eigenvalue weighted by Crippen LogP contribution is 2.33. The number of nitrogens with one attached hydrogen (secondary N) is 1. The van der Waals surface area contributed by atoms with Crippen molar-refractivity contribution in [2.45, 2.75) is 13.8 Å². The molecule has 0 atom stereocenters. The van der Waals surface area contributed by atoms with Crippen molar-refractivity contribution in [2.24, 2.45) is 4.99 Å². The number of para-hydroxylation sites is 1. The molecule has 0 fully saturated rings. The molecule has 2 aromatic carbocycles. The van der Waals surface area contributed by atoms with Crippen LogP contribution < -0.4 is 5.32 Å². The predicted molar refractivity (Wildman–Crippen MR) is 92.3 cm³/mol. The first kappa shape index (κ1) is 17.2. The molecule has 2 rings (SSSR count). The van der Waals surface area contributed by atoms with E-state index in [9.17, 15) is 8.78 Å². The molecule has 0 saturated heterocycles. The van der Waals surface area contributed by atoms with Crippen LogP contribution >= 0.6 is 11.6 Å². The van der Waals surface area contributed by atoms with E-state index >= 15 is 0 Å². The van der Waals surface area contributed by atoms with E-state index in [0.717, 1.165) is 12.1 Å². The summed E-state index contributed by atoms with van der Waals surface area (Å²) in [5.74, 6) is -1.32. The van der Waals surface area contributed by atoms with E-state index in [1.54, 1.807) is 18.5 Å². The molecular weight excluding hydrogens is 320 g/mol. The molecule has 0 bridgehead atoms. The Balaban J connectivity index is 2.32. The van der Waals surface area contributed by atoms with Crippen molar-refractivity contribution >= 4 is 35.0 Å². The summed E-state index contributed by atoms with van der Waals surface area (Å²) in [5, 5.41) is 3.15. The third kappa shape index (κ3) is 4.20. The molecule has 0 spiro atoms. The van der Waals surface area contributed by atoms with Crippen molar-refractivity contribution in [3.05, 3.63) is 52.6 Å². The molecule has 0 aliphatic carbocycles. The number of anilines is 2. The average molecular weight is 338 g/mol. The van der Waals surface area contributed by atoms with Crippen molar-refractivity contribution in [3.8, 4) is 0 Å². The molecule has 0 unspecified atom stereocenters. The zero-order valence-corrected chi connectivity index (χ0v) is 14.0. The van der Waals surface area contributed by atoms with Crippen LogP contribution in [0.5, 0.6) is 0 Å². The van der Waals surface area contributed by atoms with E-state index in [1.807, 2.05) is 25.8 Å². The largest absolute Gasteiger partial charge is 0.366 e. The number of hydrogen-bond acceptors (Lipinski definition) is 2. The van der Waals surface area contributed by atoms with Gasteiger partial charge in [0, 0.05) is 19.3 Å². The van der Waals surface area contributed by atoms with Gasteiger partial charge < -0.3 is 10.2 Å². The molecule has 122 valence electrons. The van der Waals surface area contributed by atoms with Crippen molar-refractivity contribution in [2.75, 3.05) is 18.9 Å². The van der Waals surface area contributed by atoms with Crippen LogP contribution in [0.4, 0.5) is 25.8 Å². The van der Waals surface area contributed by atoms with Gasteiger partial charge in [-0.1, -0.05) is 17.7 Å². The van der Waals surface area contributed by atoms with Crippen molar-refractivity contribution < 1.29 is 8.78 Å². The fourth-order valence-corrected chi connectivity index (χ4v) is 2.11. The predicted octanol–water partition coefficient (Wildman–Crippen LogP) is 5.28. The number of benzene rings is 2. The monoisotopic (exact) mass is 337 g/mol. The van der Waals surface area contributed by atoms with Crippen LogP contribution in [0.3, 0.4) is 0 Å². The van der Waals surface area contributed by atoms with Crippen LogP contribution in [0, 0.1) is 18.6 Å². The summed E-state index contributed by atoms with van der Waals surface area (Å²) >= 11 is 6.21. The molecule has 0 saturated carbocycles. The molecule has 0 amide bonds. The van der Waals surface area contributed by atoms with Gasteiger partial charge in [0.15, 0.2) is 0 Å². The normalized spacial score (nSPS) is 11.0. The first-order chi connectivity index (χ1) is 10.9. The van der Waals surface area contributed by atoms with Crippen molar-refractivity contribution in [3.63, 3.8) is 0 Å². The fraction of sp³-hybridized carbons (Fsp3) is 0.235. The van der Waals surface area contributed by atoms with Crippen LogP contribution in [0.25, 0.3) is 0 Å². The SMILES string of the molecule is CCN(C)C=Nc1cc(C)c(Nc2c(F)cccc2F)cc1Cl. The van der Waals surface area contributed by atoms with E-state index in [1.165, 1.54) is 18.2 Å². The van der Waals surface area contributed by atoms with Gasteiger partial charge in [0.1, 0.15) is 17.3 Å². The van der Waals surface area contributed by atoms with Gasteiger partial charge in [0.05, 0.1) is 17.0 Å². The summed E-state index contributed by atoms with van der Waals surface area (Å²) in [5.41, 5.74) is 1.71.